The Hall–Kier alpha value is -2.76. The molecule has 0 radical (unpaired) electrons. The molecule has 2 atom stereocenters. The second kappa shape index (κ2) is 6.27. The van der Waals surface area contributed by atoms with E-state index in [9.17, 15) is 9.59 Å². The highest BCUT2D eigenvalue weighted by Crippen LogP contribution is 2.28. The third-order valence-corrected chi connectivity index (χ3v) is 5.19. The molecule has 2 bridgehead atoms. The summed E-state index contributed by atoms with van der Waals surface area (Å²) in [6.07, 6.45) is 3.47. The van der Waals surface area contributed by atoms with Crippen LogP contribution >= 0.6 is 0 Å². The van der Waals surface area contributed by atoms with Gasteiger partial charge in [0.1, 0.15) is 5.76 Å². The molecule has 0 unspecified atom stereocenters. The number of urea groups is 1. The molecular weight excluding hydrogens is 318 g/mol. The topological polar surface area (TPSA) is 65.8 Å². The maximum Gasteiger partial charge on any atom is 0.321 e. The van der Waals surface area contributed by atoms with Crippen LogP contribution in [-0.2, 0) is 4.79 Å². The second-order valence-electron chi connectivity index (χ2n) is 6.77. The van der Waals surface area contributed by atoms with E-state index < -0.39 is 0 Å². The molecule has 5 rings (SSSR count). The third kappa shape index (κ3) is 2.99. The number of furan rings is 1. The van der Waals surface area contributed by atoms with Crippen molar-refractivity contribution in [2.75, 3.05) is 25.5 Å². The molecular formula is C19H21N3O3. The Balaban J connectivity index is 1.44. The first-order valence-electron chi connectivity index (χ1n) is 8.58. The molecule has 3 amide bonds. The van der Waals surface area contributed by atoms with Crippen molar-refractivity contribution in [1.29, 1.82) is 0 Å². The highest BCUT2D eigenvalue weighted by atomic mass is 16.3. The number of fused-ring (bicyclic) bond motifs is 4. The molecule has 0 spiro atoms. The number of benzene rings is 1. The van der Waals surface area contributed by atoms with Gasteiger partial charge in [-0.1, -0.05) is 0 Å². The summed E-state index contributed by atoms with van der Waals surface area (Å²) >= 11 is 0. The molecule has 3 aliphatic heterocycles. The molecule has 25 heavy (non-hydrogen) atoms. The lowest BCUT2D eigenvalue weighted by Gasteiger charge is -2.32. The summed E-state index contributed by atoms with van der Waals surface area (Å²) in [4.78, 5) is 28.4. The number of anilines is 1. The van der Waals surface area contributed by atoms with E-state index in [1.807, 2.05) is 43.4 Å². The Bertz CT molecular complexity index is 770. The van der Waals surface area contributed by atoms with E-state index in [-0.39, 0.29) is 23.9 Å². The van der Waals surface area contributed by atoms with Crippen molar-refractivity contribution < 1.29 is 14.0 Å². The number of likely N-dealkylation sites (N-methyl/N-ethyl adjacent to an activating group) is 1. The molecule has 6 nitrogen and oxygen atoms in total. The van der Waals surface area contributed by atoms with Crippen LogP contribution in [0.15, 0.2) is 47.1 Å². The summed E-state index contributed by atoms with van der Waals surface area (Å²) in [7, 11) is 1.84. The molecule has 1 N–H and O–H groups in total. The van der Waals surface area contributed by atoms with Crippen LogP contribution < -0.4 is 5.32 Å². The van der Waals surface area contributed by atoms with Crippen molar-refractivity contribution in [2.45, 2.75) is 18.9 Å². The maximum atomic E-state index is 12.6. The predicted molar refractivity (Wildman–Crippen MR) is 94.0 cm³/mol. The fourth-order valence-corrected chi connectivity index (χ4v) is 3.69. The summed E-state index contributed by atoms with van der Waals surface area (Å²) in [5.41, 5.74) is 1.69. The Kier molecular flexibility index (Phi) is 3.95. The molecule has 6 heteroatoms. The van der Waals surface area contributed by atoms with Crippen molar-refractivity contribution in [3.05, 3.63) is 42.7 Å². The lowest BCUT2D eigenvalue weighted by Crippen LogP contribution is -2.45. The minimum atomic E-state index is -0.147. The SMILES string of the molecule is CN1C(=O)[C@@H]2CC[C@H]1CN(C(=O)Nc1ccc(-c3ccco3)cc1)C2. The number of hydrogen-bond acceptors (Lipinski definition) is 3. The molecule has 3 aliphatic rings. The summed E-state index contributed by atoms with van der Waals surface area (Å²) in [6, 6.07) is 11.3. The summed E-state index contributed by atoms with van der Waals surface area (Å²) < 4.78 is 5.37. The summed E-state index contributed by atoms with van der Waals surface area (Å²) in [5, 5.41) is 2.94. The number of hydrogen-bond donors (Lipinski definition) is 1. The first-order valence-corrected chi connectivity index (χ1v) is 8.58. The molecule has 0 saturated carbocycles. The normalized spacial score (nSPS) is 22.8. The number of amides is 3. The highest BCUT2D eigenvalue weighted by molar-refractivity contribution is 5.90. The minimum Gasteiger partial charge on any atom is -0.464 e. The molecule has 1 aromatic carbocycles. The van der Waals surface area contributed by atoms with Crippen molar-refractivity contribution in [1.82, 2.24) is 9.80 Å². The number of piperidine rings is 1. The summed E-state index contributed by atoms with van der Waals surface area (Å²) in [5.74, 6) is 0.883. The number of carbonyl (C=O) groups excluding carboxylic acids is 2. The van der Waals surface area contributed by atoms with Crippen LogP contribution in [0.3, 0.4) is 0 Å². The fourth-order valence-electron chi connectivity index (χ4n) is 3.69. The van der Waals surface area contributed by atoms with Gasteiger partial charge in [0.2, 0.25) is 5.91 Å². The monoisotopic (exact) mass is 339 g/mol. The Labute approximate surface area is 146 Å². The van der Waals surface area contributed by atoms with Gasteiger partial charge in [0.05, 0.1) is 12.2 Å². The smallest absolute Gasteiger partial charge is 0.321 e. The second-order valence-corrected chi connectivity index (χ2v) is 6.77. The van der Waals surface area contributed by atoms with Crippen molar-refractivity contribution in [2.24, 2.45) is 5.92 Å². The van der Waals surface area contributed by atoms with Crippen LogP contribution in [0.2, 0.25) is 0 Å². The molecule has 3 fully saturated rings. The van der Waals surface area contributed by atoms with Crippen molar-refractivity contribution in [3.63, 3.8) is 0 Å². The van der Waals surface area contributed by atoms with Gasteiger partial charge in [-0.05, 0) is 49.2 Å². The van der Waals surface area contributed by atoms with E-state index in [4.69, 9.17) is 4.42 Å². The van der Waals surface area contributed by atoms with E-state index in [0.29, 0.717) is 13.1 Å². The lowest BCUT2D eigenvalue weighted by molar-refractivity contribution is -0.138. The van der Waals surface area contributed by atoms with Gasteiger partial charge in [-0.25, -0.2) is 4.79 Å². The van der Waals surface area contributed by atoms with Gasteiger partial charge in [0.25, 0.3) is 0 Å². The van der Waals surface area contributed by atoms with E-state index >= 15 is 0 Å². The zero-order chi connectivity index (χ0) is 17.4. The number of rotatable bonds is 2. The van der Waals surface area contributed by atoms with Gasteiger partial charge >= 0.3 is 6.03 Å². The predicted octanol–water partition coefficient (Wildman–Crippen LogP) is 3.03. The van der Waals surface area contributed by atoms with Gasteiger partial charge in [-0.15, -0.1) is 0 Å². The number of nitrogens with zero attached hydrogens (tertiary/aromatic N) is 2. The first kappa shape index (κ1) is 15.7. The van der Waals surface area contributed by atoms with Crippen LogP contribution in [0.25, 0.3) is 11.3 Å². The third-order valence-electron chi connectivity index (χ3n) is 5.19. The van der Waals surface area contributed by atoms with Crippen LogP contribution in [0, 0.1) is 5.92 Å². The average molecular weight is 339 g/mol. The van der Waals surface area contributed by atoms with Crippen molar-refractivity contribution in [3.8, 4) is 11.3 Å². The molecule has 3 saturated heterocycles. The molecule has 2 aromatic rings. The van der Waals surface area contributed by atoms with Gasteiger partial charge in [-0.3, -0.25) is 4.79 Å². The largest absolute Gasteiger partial charge is 0.464 e. The van der Waals surface area contributed by atoms with Crippen LogP contribution in [0.4, 0.5) is 10.5 Å². The van der Waals surface area contributed by atoms with Crippen LogP contribution in [-0.4, -0.2) is 47.9 Å². The molecule has 1 aromatic heterocycles. The van der Waals surface area contributed by atoms with E-state index in [0.717, 1.165) is 29.9 Å². The molecule has 130 valence electrons. The molecule has 0 aliphatic carbocycles. The fraction of sp³-hybridized carbons (Fsp3) is 0.368. The Morgan fingerprint density at radius 1 is 1.16 bits per heavy atom. The highest BCUT2D eigenvalue weighted by Gasteiger charge is 2.40. The minimum absolute atomic E-state index is 0.0733. The number of carbonyl (C=O) groups is 2. The van der Waals surface area contributed by atoms with E-state index in [1.54, 1.807) is 16.1 Å². The van der Waals surface area contributed by atoms with Gasteiger partial charge < -0.3 is 19.5 Å². The Morgan fingerprint density at radius 3 is 2.68 bits per heavy atom. The van der Waals surface area contributed by atoms with E-state index in [2.05, 4.69) is 5.32 Å². The van der Waals surface area contributed by atoms with E-state index in [1.165, 1.54) is 0 Å². The lowest BCUT2D eigenvalue weighted by atomic mass is 9.95. The van der Waals surface area contributed by atoms with Gasteiger partial charge in [-0.2, -0.15) is 0 Å². The molecule has 4 heterocycles. The Morgan fingerprint density at radius 2 is 1.96 bits per heavy atom. The average Bonchev–Trinajstić information content (AvgIpc) is 3.02. The van der Waals surface area contributed by atoms with Gasteiger partial charge in [0, 0.05) is 37.4 Å². The first-order chi connectivity index (χ1) is 12.1. The zero-order valence-corrected chi connectivity index (χ0v) is 14.1. The standard InChI is InChI=1S/C19H21N3O3/c1-21-16-9-6-14(18(21)23)11-22(12-16)19(24)20-15-7-4-13(5-8-15)17-3-2-10-25-17/h2-5,7-8,10,14,16H,6,9,11-12H2,1H3,(H,20,24)/t14-,16+/m1/s1. The number of nitrogens with one attached hydrogen (secondary N) is 1. The van der Waals surface area contributed by atoms with Gasteiger partial charge in [0.15, 0.2) is 0 Å². The quantitative estimate of drug-likeness (QED) is 0.914. The summed E-state index contributed by atoms with van der Waals surface area (Å²) in [6.45, 7) is 1.09. The maximum absolute atomic E-state index is 12.6. The zero-order valence-electron chi connectivity index (χ0n) is 14.1. The van der Waals surface area contributed by atoms with Crippen LogP contribution in [0.1, 0.15) is 12.8 Å². The van der Waals surface area contributed by atoms with Crippen LogP contribution in [0.5, 0.6) is 0 Å². The van der Waals surface area contributed by atoms with Crippen molar-refractivity contribution >= 4 is 17.6 Å².